The Morgan fingerprint density at radius 1 is 1.36 bits per heavy atom. The second-order valence-electron chi connectivity index (χ2n) is 4.53. The van der Waals surface area contributed by atoms with Gasteiger partial charge in [-0.1, -0.05) is 19.8 Å². The molecule has 1 aliphatic carbocycles. The molecule has 0 amide bonds. The van der Waals surface area contributed by atoms with Crippen LogP contribution in [-0.4, -0.2) is 22.3 Å². The molecule has 1 unspecified atom stereocenters. The van der Waals surface area contributed by atoms with E-state index in [1.54, 1.807) is 0 Å². The molecule has 1 rings (SSSR count). The molecule has 0 aromatic heterocycles. The topological polar surface area (TPSA) is 43.1 Å². The van der Waals surface area contributed by atoms with Crippen LogP contribution in [0.4, 0.5) is 0 Å². The highest BCUT2D eigenvalue weighted by Crippen LogP contribution is 2.49. The molecule has 0 spiro atoms. The fourth-order valence-corrected chi connectivity index (χ4v) is 3.66. The molecule has 0 saturated heterocycles. The van der Waals surface area contributed by atoms with Gasteiger partial charge in [-0.2, -0.15) is 0 Å². The van der Waals surface area contributed by atoms with Crippen molar-refractivity contribution in [3.05, 3.63) is 0 Å². The van der Waals surface area contributed by atoms with E-state index >= 15 is 0 Å². The molecule has 0 bridgehead atoms. The van der Waals surface area contributed by atoms with Crippen molar-refractivity contribution in [3.8, 4) is 0 Å². The van der Waals surface area contributed by atoms with Gasteiger partial charge in [-0.3, -0.25) is 4.21 Å². The van der Waals surface area contributed by atoms with Crippen molar-refractivity contribution < 1.29 is 4.21 Å². The third-order valence-electron chi connectivity index (χ3n) is 3.07. The van der Waals surface area contributed by atoms with E-state index in [1.807, 2.05) is 0 Å². The van der Waals surface area contributed by atoms with Gasteiger partial charge < -0.3 is 5.73 Å². The Balaban J connectivity index is 2.13. The first kappa shape index (κ1) is 12.2. The fraction of sp³-hybridized carbons (Fsp3) is 1.00. The summed E-state index contributed by atoms with van der Waals surface area (Å²) in [5, 5.41) is 0. The molecule has 2 N–H and O–H groups in total. The lowest BCUT2D eigenvalue weighted by molar-refractivity contribution is 0.528. The van der Waals surface area contributed by atoms with Crippen molar-refractivity contribution in [3.63, 3.8) is 0 Å². The van der Waals surface area contributed by atoms with E-state index in [0.717, 1.165) is 30.9 Å². The van der Waals surface area contributed by atoms with Gasteiger partial charge >= 0.3 is 0 Å². The first-order valence-electron chi connectivity index (χ1n) is 5.77. The van der Waals surface area contributed by atoms with Gasteiger partial charge in [0, 0.05) is 22.3 Å². The van der Waals surface area contributed by atoms with Crippen molar-refractivity contribution in [1.82, 2.24) is 0 Å². The zero-order valence-corrected chi connectivity index (χ0v) is 10.1. The lowest BCUT2D eigenvalue weighted by atomic mass is 10.1. The van der Waals surface area contributed by atoms with Gasteiger partial charge in [0.25, 0.3) is 0 Å². The number of nitrogens with two attached hydrogens (primary N) is 1. The summed E-state index contributed by atoms with van der Waals surface area (Å²) in [7, 11) is -0.585. The van der Waals surface area contributed by atoms with Gasteiger partial charge in [0.1, 0.15) is 0 Å². The Morgan fingerprint density at radius 3 is 2.57 bits per heavy atom. The molecule has 1 aliphatic rings. The van der Waals surface area contributed by atoms with Crippen LogP contribution in [0.5, 0.6) is 0 Å². The SMILES string of the molecule is CCCCCS(=O)CC1(CCN)CC1. The predicted molar refractivity (Wildman–Crippen MR) is 62.7 cm³/mol. The largest absolute Gasteiger partial charge is 0.330 e. The van der Waals surface area contributed by atoms with E-state index in [-0.39, 0.29) is 0 Å². The van der Waals surface area contributed by atoms with Crippen LogP contribution < -0.4 is 5.73 Å². The van der Waals surface area contributed by atoms with Crippen LogP contribution in [0.1, 0.15) is 45.4 Å². The quantitative estimate of drug-likeness (QED) is 0.632. The van der Waals surface area contributed by atoms with Crippen LogP contribution in [0.25, 0.3) is 0 Å². The molecule has 1 fully saturated rings. The maximum Gasteiger partial charge on any atom is 0.0291 e. The lowest BCUT2D eigenvalue weighted by Crippen LogP contribution is -2.18. The van der Waals surface area contributed by atoms with Gasteiger partial charge in [-0.25, -0.2) is 0 Å². The molecule has 84 valence electrons. The maximum absolute atomic E-state index is 11.7. The Kier molecular flexibility index (Phi) is 5.10. The van der Waals surface area contributed by atoms with Crippen molar-refractivity contribution in [1.29, 1.82) is 0 Å². The Hall–Kier alpha value is 0.110. The lowest BCUT2D eigenvalue weighted by Gasteiger charge is -2.12. The van der Waals surface area contributed by atoms with E-state index in [2.05, 4.69) is 6.92 Å². The highest BCUT2D eigenvalue weighted by molar-refractivity contribution is 7.85. The average Bonchev–Trinajstić information content (AvgIpc) is 2.86. The van der Waals surface area contributed by atoms with Crippen LogP contribution in [0.15, 0.2) is 0 Å². The summed E-state index contributed by atoms with van der Waals surface area (Å²) in [5.74, 6) is 1.81. The highest BCUT2D eigenvalue weighted by Gasteiger charge is 2.42. The minimum atomic E-state index is -0.585. The van der Waals surface area contributed by atoms with Crippen molar-refractivity contribution in [2.24, 2.45) is 11.1 Å². The van der Waals surface area contributed by atoms with E-state index in [0.29, 0.717) is 5.41 Å². The third-order valence-corrected chi connectivity index (χ3v) is 4.75. The summed E-state index contributed by atoms with van der Waals surface area (Å²) < 4.78 is 11.7. The summed E-state index contributed by atoms with van der Waals surface area (Å²) in [6.07, 6.45) is 7.14. The van der Waals surface area contributed by atoms with Crippen LogP contribution in [0.3, 0.4) is 0 Å². The summed E-state index contributed by atoms with van der Waals surface area (Å²) in [5.41, 5.74) is 5.95. The van der Waals surface area contributed by atoms with Crippen LogP contribution >= 0.6 is 0 Å². The smallest absolute Gasteiger partial charge is 0.0291 e. The number of unbranched alkanes of at least 4 members (excludes halogenated alkanes) is 2. The minimum absolute atomic E-state index is 0.395. The predicted octanol–water partition coefficient (Wildman–Crippen LogP) is 2.05. The molecule has 0 radical (unpaired) electrons. The average molecular weight is 217 g/mol. The summed E-state index contributed by atoms with van der Waals surface area (Å²) in [4.78, 5) is 0. The molecule has 14 heavy (non-hydrogen) atoms. The van der Waals surface area contributed by atoms with E-state index in [9.17, 15) is 4.21 Å². The van der Waals surface area contributed by atoms with Gasteiger partial charge in [0.2, 0.25) is 0 Å². The maximum atomic E-state index is 11.7. The zero-order valence-electron chi connectivity index (χ0n) is 9.26. The third kappa shape index (κ3) is 4.09. The van der Waals surface area contributed by atoms with Gasteiger partial charge in [0.05, 0.1) is 0 Å². The van der Waals surface area contributed by atoms with E-state index < -0.39 is 10.8 Å². The molecule has 2 nitrogen and oxygen atoms in total. The monoisotopic (exact) mass is 217 g/mol. The zero-order chi connectivity index (χ0) is 10.4. The van der Waals surface area contributed by atoms with Crippen LogP contribution in [0, 0.1) is 5.41 Å². The number of rotatable bonds is 8. The summed E-state index contributed by atoms with van der Waals surface area (Å²) in [6, 6.07) is 0. The van der Waals surface area contributed by atoms with Crippen molar-refractivity contribution >= 4 is 10.8 Å². The first-order valence-corrected chi connectivity index (χ1v) is 7.26. The standard InChI is InChI=1S/C11H23NOS/c1-2-3-4-9-14(13)10-11(5-6-11)7-8-12/h2-10,12H2,1H3. The van der Waals surface area contributed by atoms with Gasteiger partial charge in [0.15, 0.2) is 0 Å². The van der Waals surface area contributed by atoms with Crippen molar-refractivity contribution in [2.75, 3.05) is 18.1 Å². The molecule has 0 aliphatic heterocycles. The Morgan fingerprint density at radius 2 is 2.07 bits per heavy atom. The Bertz CT molecular complexity index is 190. The molecule has 1 atom stereocenters. The molecular formula is C11H23NOS. The molecule has 0 aromatic carbocycles. The molecule has 3 heteroatoms. The molecule has 0 aromatic rings. The summed E-state index contributed by atoms with van der Waals surface area (Å²) in [6.45, 7) is 2.94. The van der Waals surface area contributed by atoms with Crippen molar-refractivity contribution in [2.45, 2.75) is 45.4 Å². The second-order valence-corrected chi connectivity index (χ2v) is 6.11. The van der Waals surface area contributed by atoms with Gasteiger partial charge in [-0.05, 0) is 37.6 Å². The Labute approximate surface area is 90.1 Å². The minimum Gasteiger partial charge on any atom is -0.330 e. The molecule has 0 heterocycles. The fourth-order valence-electron chi connectivity index (χ4n) is 1.88. The van der Waals surface area contributed by atoms with Gasteiger partial charge in [-0.15, -0.1) is 0 Å². The highest BCUT2D eigenvalue weighted by atomic mass is 32.2. The van der Waals surface area contributed by atoms with Crippen LogP contribution in [-0.2, 0) is 10.8 Å². The van der Waals surface area contributed by atoms with Crippen LogP contribution in [0.2, 0.25) is 0 Å². The molecular weight excluding hydrogens is 194 g/mol. The van der Waals surface area contributed by atoms with E-state index in [1.165, 1.54) is 25.7 Å². The normalized spacial score (nSPS) is 20.7. The van der Waals surface area contributed by atoms with E-state index in [4.69, 9.17) is 5.73 Å². The second kappa shape index (κ2) is 5.86. The number of hydrogen-bond donors (Lipinski definition) is 1. The number of hydrogen-bond acceptors (Lipinski definition) is 2. The summed E-state index contributed by atoms with van der Waals surface area (Å²) >= 11 is 0. The first-order chi connectivity index (χ1) is 6.72. The molecule has 1 saturated carbocycles.